The Hall–Kier alpha value is -2.54. The lowest BCUT2D eigenvalue weighted by Gasteiger charge is -2.36. The molecule has 0 saturated carbocycles. The summed E-state index contributed by atoms with van der Waals surface area (Å²) in [5, 5.41) is 2.68. The molecule has 0 unspecified atom stereocenters. The average Bonchev–Trinajstić information content (AvgIpc) is 2.68. The van der Waals surface area contributed by atoms with E-state index in [0.29, 0.717) is 24.5 Å². The Balaban J connectivity index is 1.87. The number of rotatable bonds is 4. The van der Waals surface area contributed by atoms with E-state index in [1.165, 1.54) is 0 Å². The normalized spacial score (nSPS) is 15.5. The van der Waals surface area contributed by atoms with E-state index in [9.17, 15) is 18.0 Å². The van der Waals surface area contributed by atoms with Crippen LogP contribution in [-0.4, -0.2) is 43.5 Å². The first-order chi connectivity index (χ1) is 13.3. The van der Waals surface area contributed by atoms with Gasteiger partial charge < -0.3 is 15.1 Å². The summed E-state index contributed by atoms with van der Waals surface area (Å²) in [7, 11) is 0. The zero-order valence-corrected chi connectivity index (χ0v) is 16.0. The molecule has 0 radical (unpaired) electrons. The zero-order chi connectivity index (χ0) is 20.3. The maximum Gasteiger partial charge on any atom is 0.416 e. The lowest BCUT2D eigenvalue weighted by atomic mass is 10.1. The number of carbonyl (C=O) groups is 1. The maximum atomic E-state index is 13.4. The molecular weight excluding hydrogens is 367 g/mol. The largest absolute Gasteiger partial charge is 0.416 e. The van der Waals surface area contributed by atoms with E-state index in [2.05, 4.69) is 17.1 Å². The molecule has 150 valence electrons. The maximum absolute atomic E-state index is 13.4. The van der Waals surface area contributed by atoms with Gasteiger partial charge in [-0.05, 0) is 43.8 Å². The molecule has 1 fully saturated rings. The number of hydrogen-bond acceptors (Lipinski definition) is 3. The Bertz CT molecular complexity index is 826. The second-order valence-corrected chi connectivity index (χ2v) is 7.01. The van der Waals surface area contributed by atoms with Gasteiger partial charge in [-0.1, -0.05) is 24.6 Å². The molecule has 3 rings (SSSR count). The molecule has 1 amide bonds. The van der Waals surface area contributed by atoms with Crippen LogP contribution in [0.4, 0.5) is 24.5 Å². The van der Waals surface area contributed by atoms with Gasteiger partial charge in [0.25, 0.3) is 5.91 Å². The number of benzene rings is 2. The molecule has 4 nitrogen and oxygen atoms in total. The van der Waals surface area contributed by atoms with Gasteiger partial charge in [-0.15, -0.1) is 0 Å². The third-order valence-electron chi connectivity index (χ3n) is 5.00. The fourth-order valence-electron chi connectivity index (χ4n) is 3.25. The van der Waals surface area contributed by atoms with Gasteiger partial charge in [0.05, 0.1) is 5.56 Å². The van der Waals surface area contributed by atoms with Crippen LogP contribution in [-0.2, 0) is 6.18 Å². The highest BCUT2D eigenvalue weighted by molar-refractivity contribution is 6.05. The third kappa shape index (κ3) is 4.84. The number of piperazine rings is 1. The lowest BCUT2D eigenvalue weighted by molar-refractivity contribution is -0.137. The molecule has 2 aromatic rings. The van der Waals surface area contributed by atoms with E-state index in [1.54, 1.807) is 18.2 Å². The Morgan fingerprint density at radius 1 is 1.04 bits per heavy atom. The van der Waals surface area contributed by atoms with Crippen LogP contribution in [0.1, 0.15) is 28.4 Å². The molecule has 28 heavy (non-hydrogen) atoms. The van der Waals surface area contributed by atoms with Crippen molar-refractivity contribution in [1.82, 2.24) is 4.90 Å². The molecule has 2 aromatic carbocycles. The average molecular weight is 391 g/mol. The van der Waals surface area contributed by atoms with Crippen molar-refractivity contribution in [3.05, 3.63) is 59.2 Å². The number of aryl methyl sites for hydroxylation is 1. The van der Waals surface area contributed by atoms with E-state index in [-0.39, 0.29) is 5.56 Å². The molecule has 1 aliphatic heterocycles. The van der Waals surface area contributed by atoms with Crippen LogP contribution >= 0.6 is 0 Å². The molecular formula is C21H24F3N3O. The Morgan fingerprint density at radius 3 is 2.25 bits per heavy atom. The van der Waals surface area contributed by atoms with Gasteiger partial charge in [0.15, 0.2) is 0 Å². The number of carbonyl (C=O) groups excluding carboxylic acids is 1. The summed E-state index contributed by atoms with van der Waals surface area (Å²) in [6, 6.07) is 10.7. The summed E-state index contributed by atoms with van der Waals surface area (Å²) in [6.45, 7) is 7.74. The number of nitrogens with zero attached hydrogens (tertiary/aromatic N) is 2. The first kappa shape index (κ1) is 20.2. The molecule has 0 aliphatic carbocycles. The SMILES string of the molecule is CCN1CCN(c2cc(C(=O)Nc3ccc(C)cc3)cc(C(F)(F)F)c2)CC1. The summed E-state index contributed by atoms with van der Waals surface area (Å²) in [5.74, 6) is -0.552. The van der Waals surface area contributed by atoms with Gasteiger partial charge in [0.1, 0.15) is 0 Å². The first-order valence-corrected chi connectivity index (χ1v) is 9.34. The van der Waals surface area contributed by atoms with E-state index >= 15 is 0 Å². The van der Waals surface area contributed by atoms with Crippen LogP contribution in [0.3, 0.4) is 0 Å². The van der Waals surface area contributed by atoms with Crippen molar-refractivity contribution >= 4 is 17.3 Å². The molecule has 1 aliphatic rings. The van der Waals surface area contributed by atoms with Gasteiger partial charge >= 0.3 is 6.18 Å². The summed E-state index contributed by atoms with van der Waals surface area (Å²) < 4.78 is 40.2. The van der Waals surface area contributed by atoms with Crippen LogP contribution < -0.4 is 10.2 Å². The van der Waals surface area contributed by atoms with Crippen LogP contribution in [0.2, 0.25) is 0 Å². The molecule has 0 aromatic heterocycles. The van der Waals surface area contributed by atoms with Crippen molar-refractivity contribution < 1.29 is 18.0 Å². The van der Waals surface area contributed by atoms with Gasteiger partial charge in [-0.3, -0.25) is 4.79 Å². The van der Waals surface area contributed by atoms with E-state index in [0.717, 1.165) is 37.3 Å². The van der Waals surface area contributed by atoms with Gasteiger partial charge in [-0.25, -0.2) is 0 Å². The van der Waals surface area contributed by atoms with Crippen LogP contribution in [0.5, 0.6) is 0 Å². The lowest BCUT2D eigenvalue weighted by Crippen LogP contribution is -2.46. The molecule has 1 N–H and O–H groups in total. The van der Waals surface area contributed by atoms with E-state index in [4.69, 9.17) is 0 Å². The van der Waals surface area contributed by atoms with Crippen molar-refractivity contribution in [2.45, 2.75) is 20.0 Å². The molecule has 1 heterocycles. The molecule has 0 bridgehead atoms. The topological polar surface area (TPSA) is 35.6 Å². The second-order valence-electron chi connectivity index (χ2n) is 7.01. The van der Waals surface area contributed by atoms with Crippen LogP contribution in [0.25, 0.3) is 0 Å². The minimum Gasteiger partial charge on any atom is -0.369 e. The predicted molar refractivity (Wildman–Crippen MR) is 105 cm³/mol. The number of likely N-dealkylation sites (N-methyl/N-ethyl adjacent to an activating group) is 1. The van der Waals surface area contributed by atoms with Crippen molar-refractivity contribution in [2.24, 2.45) is 0 Å². The predicted octanol–water partition coefficient (Wildman–Crippen LogP) is 4.41. The van der Waals surface area contributed by atoms with Gasteiger partial charge in [-0.2, -0.15) is 13.2 Å². The number of nitrogens with one attached hydrogen (secondary N) is 1. The fraction of sp³-hybridized carbons (Fsp3) is 0.381. The van der Waals surface area contributed by atoms with Crippen molar-refractivity contribution in [3.63, 3.8) is 0 Å². The third-order valence-corrected chi connectivity index (χ3v) is 5.00. The molecule has 1 saturated heterocycles. The van der Waals surface area contributed by atoms with Gasteiger partial charge in [0, 0.05) is 43.1 Å². The molecule has 7 heteroatoms. The van der Waals surface area contributed by atoms with E-state index < -0.39 is 17.6 Å². The summed E-state index contributed by atoms with van der Waals surface area (Å²) in [4.78, 5) is 16.8. The quantitative estimate of drug-likeness (QED) is 0.839. The number of anilines is 2. The van der Waals surface area contributed by atoms with Crippen LogP contribution in [0, 0.1) is 6.92 Å². The van der Waals surface area contributed by atoms with E-state index in [1.807, 2.05) is 24.0 Å². The Kier molecular flexibility index (Phi) is 5.93. The first-order valence-electron chi connectivity index (χ1n) is 9.34. The highest BCUT2D eigenvalue weighted by Crippen LogP contribution is 2.33. The van der Waals surface area contributed by atoms with Crippen molar-refractivity contribution in [1.29, 1.82) is 0 Å². The minimum absolute atomic E-state index is 0.00308. The standard InChI is InChI=1S/C21H24F3N3O/c1-3-26-8-10-27(11-9-26)19-13-16(12-17(14-19)21(22,23)24)20(28)25-18-6-4-15(2)5-7-18/h4-7,12-14H,3,8-11H2,1-2H3,(H,25,28). The van der Waals surface area contributed by atoms with Crippen molar-refractivity contribution in [3.8, 4) is 0 Å². The highest BCUT2D eigenvalue weighted by atomic mass is 19.4. The monoisotopic (exact) mass is 391 g/mol. The second kappa shape index (κ2) is 8.22. The Morgan fingerprint density at radius 2 is 1.68 bits per heavy atom. The summed E-state index contributed by atoms with van der Waals surface area (Å²) in [6.07, 6.45) is -4.51. The molecule has 0 atom stereocenters. The number of alkyl halides is 3. The van der Waals surface area contributed by atoms with Crippen molar-refractivity contribution in [2.75, 3.05) is 42.9 Å². The highest BCUT2D eigenvalue weighted by Gasteiger charge is 2.32. The number of amides is 1. The van der Waals surface area contributed by atoms with Crippen LogP contribution in [0.15, 0.2) is 42.5 Å². The Labute approximate surface area is 162 Å². The summed E-state index contributed by atoms with van der Waals surface area (Å²) in [5.41, 5.74) is 1.21. The fourth-order valence-corrected chi connectivity index (χ4v) is 3.25. The number of hydrogen-bond donors (Lipinski definition) is 1. The smallest absolute Gasteiger partial charge is 0.369 e. The van der Waals surface area contributed by atoms with Gasteiger partial charge in [0.2, 0.25) is 0 Å². The molecule has 0 spiro atoms. The zero-order valence-electron chi connectivity index (χ0n) is 16.0. The summed E-state index contributed by atoms with van der Waals surface area (Å²) >= 11 is 0. The minimum atomic E-state index is -4.51. The number of halogens is 3.